The van der Waals surface area contributed by atoms with Crippen molar-refractivity contribution >= 4 is 29.3 Å². The zero-order valence-corrected chi connectivity index (χ0v) is 13.1. The molecule has 1 fully saturated rings. The Morgan fingerprint density at radius 1 is 1.18 bits per heavy atom. The number of Topliss-reactive ketones (excluding diaryl/α,β-unsaturated/α-hetero) is 1. The SMILES string of the molecule is CC1(C)CC(=O)C(c2ccc(Cl)cc2)CN1.O=C(O)C(=O)O. The van der Waals surface area contributed by atoms with Gasteiger partial charge in [-0.1, -0.05) is 23.7 Å². The van der Waals surface area contributed by atoms with E-state index in [0.717, 1.165) is 5.56 Å². The predicted octanol–water partition coefficient (Wildman–Crippen LogP) is 1.92. The molecule has 22 heavy (non-hydrogen) atoms. The van der Waals surface area contributed by atoms with Crippen LogP contribution in [0.2, 0.25) is 5.02 Å². The van der Waals surface area contributed by atoms with Crippen LogP contribution < -0.4 is 5.32 Å². The highest BCUT2D eigenvalue weighted by Crippen LogP contribution is 2.27. The third-order valence-electron chi connectivity index (χ3n) is 3.24. The maximum absolute atomic E-state index is 12.0. The fourth-order valence-corrected chi connectivity index (χ4v) is 2.24. The molecule has 0 saturated carbocycles. The minimum Gasteiger partial charge on any atom is -0.473 e. The lowest BCUT2D eigenvalue weighted by atomic mass is 9.82. The average molecular weight is 328 g/mol. The van der Waals surface area contributed by atoms with Crippen LogP contribution in [0, 0.1) is 0 Å². The van der Waals surface area contributed by atoms with Gasteiger partial charge in [-0.05, 0) is 31.5 Å². The quantitative estimate of drug-likeness (QED) is 0.681. The van der Waals surface area contributed by atoms with Crippen molar-refractivity contribution in [2.75, 3.05) is 6.54 Å². The Labute approximate surface area is 133 Å². The topological polar surface area (TPSA) is 104 Å². The van der Waals surface area contributed by atoms with Crippen LogP contribution in [0.4, 0.5) is 0 Å². The first-order chi connectivity index (χ1) is 10.1. The van der Waals surface area contributed by atoms with Gasteiger partial charge in [0.15, 0.2) is 0 Å². The van der Waals surface area contributed by atoms with Gasteiger partial charge in [-0.2, -0.15) is 0 Å². The lowest BCUT2D eigenvalue weighted by molar-refractivity contribution is -0.159. The molecule has 0 aliphatic carbocycles. The summed E-state index contributed by atoms with van der Waals surface area (Å²) in [7, 11) is 0. The van der Waals surface area contributed by atoms with E-state index < -0.39 is 11.9 Å². The summed E-state index contributed by atoms with van der Waals surface area (Å²) in [5, 5.41) is 18.9. The Morgan fingerprint density at radius 2 is 1.68 bits per heavy atom. The van der Waals surface area contributed by atoms with Crippen LogP contribution in [0.25, 0.3) is 0 Å². The Morgan fingerprint density at radius 3 is 2.09 bits per heavy atom. The highest BCUT2D eigenvalue weighted by atomic mass is 35.5. The number of hydrogen-bond acceptors (Lipinski definition) is 4. The van der Waals surface area contributed by atoms with Crippen molar-refractivity contribution in [3.05, 3.63) is 34.9 Å². The van der Waals surface area contributed by atoms with E-state index in [9.17, 15) is 4.79 Å². The average Bonchev–Trinajstić information content (AvgIpc) is 2.40. The molecule has 0 amide bonds. The Kier molecular flexibility index (Phi) is 6.08. The van der Waals surface area contributed by atoms with Crippen LogP contribution >= 0.6 is 11.6 Å². The van der Waals surface area contributed by atoms with Gasteiger partial charge in [0.2, 0.25) is 0 Å². The van der Waals surface area contributed by atoms with Crippen molar-refractivity contribution in [2.45, 2.75) is 31.7 Å². The largest absolute Gasteiger partial charge is 0.473 e. The molecule has 0 bridgehead atoms. The van der Waals surface area contributed by atoms with E-state index >= 15 is 0 Å². The first kappa shape index (κ1) is 18.1. The predicted molar refractivity (Wildman–Crippen MR) is 81.2 cm³/mol. The summed E-state index contributed by atoms with van der Waals surface area (Å²) >= 11 is 5.83. The number of rotatable bonds is 1. The monoisotopic (exact) mass is 327 g/mol. The standard InChI is InChI=1S/C13H16ClNO.C2H2O4/c1-13(2)7-12(16)11(8-15-13)9-3-5-10(14)6-4-9;3-1(4)2(5)6/h3-6,11,15H,7-8H2,1-2H3;(H,3,4)(H,5,6). The molecule has 2 rings (SSSR count). The van der Waals surface area contributed by atoms with Crippen LogP contribution in [0.15, 0.2) is 24.3 Å². The fraction of sp³-hybridized carbons (Fsp3) is 0.400. The van der Waals surface area contributed by atoms with Gasteiger partial charge < -0.3 is 15.5 Å². The third kappa shape index (κ3) is 5.46. The van der Waals surface area contributed by atoms with Gasteiger partial charge in [0.05, 0.1) is 5.92 Å². The van der Waals surface area contributed by atoms with Crippen molar-refractivity contribution in [3.8, 4) is 0 Å². The second-order valence-corrected chi connectivity index (χ2v) is 6.06. The fourth-order valence-electron chi connectivity index (χ4n) is 2.11. The zero-order chi connectivity index (χ0) is 16.9. The molecule has 1 aromatic carbocycles. The zero-order valence-electron chi connectivity index (χ0n) is 12.3. The minimum absolute atomic E-state index is 0.0229. The molecule has 120 valence electrons. The number of carbonyl (C=O) groups is 3. The van der Waals surface area contributed by atoms with E-state index in [-0.39, 0.29) is 11.5 Å². The van der Waals surface area contributed by atoms with E-state index in [1.54, 1.807) is 0 Å². The molecule has 1 aromatic rings. The molecule has 1 heterocycles. The number of benzene rings is 1. The van der Waals surface area contributed by atoms with Crippen molar-refractivity contribution in [1.82, 2.24) is 5.32 Å². The van der Waals surface area contributed by atoms with Crippen molar-refractivity contribution < 1.29 is 24.6 Å². The van der Waals surface area contributed by atoms with Crippen LogP contribution in [0.1, 0.15) is 31.7 Å². The molecular weight excluding hydrogens is 310 g/mol. The molecule has 3 N–H and O–H groups in total. The highest BCUT2D eigenvalue weighted by molar-refractivity contribution is 6.30. The molecule has 1 atom stereocenters. The second-order valence-electron chi connectivity index (χ2n) is 5.62. The maximum atomic E-state index is 12.0. The number of carboxylic acid groups (broad SMARTS) is 2. The smallest absolute Gasteiger partial charge is 0.414 e. The summed E-state index contributed by atoms with van der Waals surface area (Å²) in [5.74, 6) is -3.36. The minimum atomic E-state index is -1.82. The van der Waals surface area contributed by atoms with E-state index in [2.05, 4.69) is 19.2 Å². The van der Waals surface area contributed by atoms with Gasteiger partial charge in [-0.25, -0.2) is 9.59 Å². The van der Waals surface area contributed by atoms with E-state index in [0.29, 0.717) is 23.8 Å². The first-order valence-electron chi connectivity index (χ1n) is 6.62. The summed E-state index contributed by atoms with van der Waals surface area (Å²) in [6, 6.07) is 7.55. The van der Waals surface area contributed by atoms with E-state index in [1.165, 1.54) is 0 Å². The van der Waals surface area contributed by atoms with Gasteiger partial charge in [-0.3, -0.25) is 4.79 Å². The third-order valence-corrected chi connectivity index (χ3v) is 3.50. The Hall–Kier alpha value is -1.92. The number of carboxylic acids is 2. The molecule has 1 aliphatic heterocycles. The van der Waals surface area contributed by atoms with Gasteiger partial charge >= 0.3 is 11.9 Å². The number of aliphatic carboxylic acids is 2. The molecular formula is C15H18ClNO5. The Bertz CT molecular complexity index is 556. The summed E-state index contributed by atoms with van der Waals surface area (Å²) in [5.41, 5.74) is 0.984. The van der Waals surface area contributed by atoms with E-state index in [1.807, 2.05) is 24.3 Å². The lowest BCUT2D eigenvalue weighted by Crippen LogP contribution is -2.50. The van der Waals surface area contributed by atoms with Gasteiger partial charge in [-0.15, -0.1) is 0 Å². The van der Waals surface area contributed by atoms with Gasteiger partial charge in [0.25, 0.3) is 0 Å². The molecule has 7 heteroatoms. The number of halogens is 1. The molecule has 1 unspecified atom stereocenters. The van der Waals surface area contributed by atoms with Crippen molar-refractivity contribution in [2.24, 2.45) is 0 Å². The summed E-state index contributed by atoms with van der Waals surface area (Å²) < 4.78 is 0. The van der Waals surface area contributed by atoms with Crippen molar-refractivity contribution in [1.29, 1.82) is 0 Å². The van der Waals surface area contributed by atoms with Crippen LogP contribution in [-0.2, 0) is 14.4 Å². The lowest BCUT2D eigenvalue weighted by Gasteiger charge is -2.34. The molecule has 0 aromatic heterocycles. The van der Waals surface area contributed by atoms with Crippen molar-refractivity contribution in [3.63, 3.8) is 0 Å². The normalized spacial score (nSPS) is 19.8. The molecule has 1 saturated heterocycles. The molecule has 0 spiro atoms. The second kappa shape index (κ2) is 7.38. The van der Waals surface area contributed by atoms with Crippen LogP contribution in [0.3, 0.4) is 0 Å². The number of ketones is 1. The molecule has 1 aliphatic rings. The first-order valence-corrected chi connectivity index (χ1v) is 6.99. The number of carbonyl (C=O) groups excluding carboxylic acids is 1. The highest BCUT2D eigenvalue weighted by Gasteiger charge is 2.33. The summed E-state index contributed by atoms with van der Waals surface area (Å²) in [6.07, 6.45) is 0.584. The molecule has 0 radical (unpaired) electrons. The number of nitrogens with one attached hydrogen (secondary N) is 1. The van der Waals surface area contributed by atoms with Crippen LogP contribution in [0.5, 0.6) is 0 Å². The van der Waals surface area contributed by atoms with E-state index in [4.69, 9.17) is 31.4 Å². The number of hydrogen-bond donors (Lipinski definition) is 3. The number of piperidine rings is 1. The maximum Gasteiger partial charge on any atom is 0.414 e. The molecule has 6 nitrogen and oxygen atoms in total. The van der Waals surface area contributed by atoms with Gasteiger partial charge in [0, 0.05) is 23.5 Å². The van der Waals surface area contributed by atoms with Gasteiger partial charge in [0.1, 0.15) is 5.78 Å². The van der Waals surface area contributed by atoms with Crippen LogP contribution in [-0.4, -0.2) is 40.0 Å². The summed E-state index contributed by atoms with van der Waals surface area (Å²) in [4.78, 5) is 30.2. The summed E-state index contributed by atoms with van der Waals surface area (Å²) in [6.45, 7) is 4.83. The Balaban J connectivity index is 0.000000346.